The lowest BCUT2D eigenvalue weighted by molar-refractivity contribution is 0.0499. The number of hydrogen-bond donors (Lipinski definition) is 2. The van der Waals surface area contributed by atoms with E-state index in [4.69, 9.17) is 15.6 Å². The Morgan fingerprint density at radius 3 is 2.60 bits per heavy atom. The highest BCUT2D eigenvalue weighted by atomic mass is 16.5. The molecule has 3 N–H and O–H groups in total. The number of aliphatic hydroxyl groups is 1. The van der Waals surface area contributed by atoms with Gasteiger partial charge in [-0.15, -0.1) is 0 Å². The van der Waals surface area contributed by atoms with E-state index < -0.39 is 0 Å². The van der Waals surface area contributed by atoms with Crippen molar-refractivity contribution in [2.75, 3.05) is 19.8 Å². The van der Waals surface area contributed by atoms with E-state index in [-0.39, 0.29) is 12.7 Å². The molecule has 0 aliphatic carbocycles. The van der Waals surface area contributed by atoms with Crippen molar-refractivity contribution < 1.29 is 9.84 Å². The first-order chi connectivity index (χ1) is 7.36. The molecule has 0 saturated carbocycles. The van der Waals surface area contributed by atoms with Crippen molar-refractivity contribution in [2.45, 2.75) is 18.9 Å². The van der Waals surface area contributed by atoms with Crippen LogP contribution in [0.1, 0.15) is 12.0 Å². The molecule has 15 heavy (non-hydrogen) atoms. The smallest absolute Gasteiger partial charge is 0.0737 e. The van der Waals surface area contributed by atoms with Gasteiger partial charge in [0.1, 0.15) is 0 Å². The topological polar surface area (TPSA) is 55.5 Å². The number of nitrogens with two attached hydrogens (primary N) is 1. The fraction of sp³-hybridized carbons (Fsp3) is 0.500. The van der Waals surface area contributed by atoms with E-state index in [9.17, 15) is 0 Å². The van der Waals surface area contributed by atoms with Crippen LogP contribution < -0.4 is 5.73 Å². The zero-order valence-corrected chi connectivity index (χ0v) is 8.93. The lowest BCUT2D eigenvalue weighted by Crippen LogP contribution is -2.26. The fourth-order valence-corrected chi connectivity index (χ4v) is 1.40. The molecule has 1 aromatic carbocycles. The molecule has 0 aromatic heterocycles. The van der Waals surface area contributed by atoms with E-state index in [0.29, 0.717) is 19.6 Å². The maximum atomic E-state index is 8.63. The molecule has 0 amide bonds. The summed E-state index contributed by atoms with van der Waals surface area (Å²) in [7, 11) is 0. The highest BCUT2D eigenvalue weighted by Crippen LogP contribution is 2.05. The highest BCUT2D eigenvalue weighted by Gasteiger charge is 2.07. The maximum absolute atomic E-state index is 8.63. The van der Waals surface area contributed by atoms with Gasteiger partial charge in [-0.1, -0.05) is 30.3 Å². The molecule has 3 heteroatoms. The van der Waals surface area contributed by atoms with Crippen LogP contribution in [0.3, 0.4) is 0 Å². The summed E-state index contributed by atoms with van der Waals surface area (Å²) < 4.78 is 5.55. The summed E-state index contributed by atoms with van der Waals surface area (Å²) in [5.74, 6) is 0. The predicted molar refractivity (Wildman–Crippen MR) is 60.6 cm³/mol. The molecular formula is C12H19NO2. The van der Waals surface area contributed by atoms with Gasteiger partial charge in [-0.3, -0.25) is 0 Å². The van der Waals surface area contributed by atoms with Crippen LogP contribution in [0.5, 0.6) is 0 Å². The molecule has 1 aromatic rings. The highest BCUT2D eigenvalue weighted by molar-refractivity contribution is 5.15. The molecular weight excluding hydrogens is 190 g/mol. The second-order valence-electron chi connectivity index (χ2n) is 3.50. The van der Waals surface area contributed by atoms with Crippen LogP contribution in [-0.4, -0.2) is 31.0 Å². The van der Waals surface area contributed by atoms with Gasteiger partial charge in [-0.05, 0) is 18.4 Å². The predicted octanol–water partition coefficient (Wildman–Crippen LogP) is 0.955. The molecule has 3 nitrogen and oxygen atoms in total. The van der Waals surface area contributed by atoms with Crippen LogP contribution in [-0.2, 0) is 11.2 Å². The Kier molecular flexibility index (Phi) is 6.00. The van der Waals surface area contributed by atoms with Gasteiger partial charge in [0.2, 0.25) is 0 Å². The van der Waals surface area contributed by atoms with Crippen molar-refractivity contribution in [2.24, 2.45) is 5.73 Å². The number of benzene rings is 1. The summed E-state index contributed by atoms with van der Waals surface area (Å²) in [5, 5.41) is 8.63. The van der Waals surface area contributed by atoms with Gasteiger partial charge in [0.05, 0.1) is 6.10 Å². The first-order valence-corrected chi connectivity index (χ1v) is 5.33. The van der Waals surface area contributed by atoms with Gasteiger partial charge in [0.25, 0.3) is 0 Å². The minimum absolute atomic E-state index is 0.0546. The Labute approximate surface area is 90.9 Å². The van der Waals surface area contributed by atoms with Crippen LogP contribution >= 0.6 is 0 Å². The maximum Gasteiger partial charge on any atom is 0.0737 e. The molecule has 0 spiro atoms. The molecule has 1 atom stereocenters. The summed E-state index contributed by atoms with van der Waals surface area (Å²) >= 11 is 0. The number of aliphatic hydroxyl groups excluding tert-OH is 1. The zero-order chi connectivity index (χ0) is 10.9. The van der Waals surface area contributed by atoms with E-state index in [1.165, 1.54) is 5.56 Å². The van der Waals surface area contributed by atoms with Crippen LogP contribution in [0, 0.1) is 0 Å². The van der Waals surface area contributed by atoms with E-state index in [1.54, 1.807) is 0 Å². The normalized spacial score (nSPS) is 12.7. The third-order valence-electron chi connectivity index (χ3n) is 2.23. The summed E-state index contributed by atoms with van der Waals surface area (Å²) in [5.41, 5.74) is 6.85. The Bertz CT molecular complexity index is 251. The number of rotatable bonds is 7. The molecule has 0 bridgehead atoms. The third kappa shape index (κ3) is 4.93. The van der Waals surface area contributed by atoms with Crippen molar-refractivity contribution in [3.8, 4) is 0 Å². The van der Waals surface area contributed by atoms with Gasteiger partial charge < -0.3 is 15.6 Å². The first kappa shape index (κ1) is 12.2. The molecule has 0 saturated heterocycles. The van der Waals surface area contributed by atoms with Crippen molar-refractivity contribution in [3.05, 3.63) is 35.9 Å². The minimum atomic E-state index is 0.0546. The Morgan fingerprint density at radius 2 is 2.00 bits per heavy atom. The Balaban J connectivity index is 2.33. The van der Waals surface area contributed by atoms with Crippen molar-refractivity contribution >= 4 is 0 Å². The van der Waals surface area contributed by atoms with Gasteiger partial charge in [0.15, 0.2) is 0 Å². The van der Waals surface area contributed by atoms with Crippen LogP contribution in [0.25, 0.3) is 0 Å². The molecule has 84 valence electrons. The van der Waals surface area contributed by atoms with E-state index in [1.807, 2.05) is 18.2 Å². The van der Waals surface area contributed by atoms with Crippen LogP contribution in [0.4, 0.5) is 0 Å². The average Bonchev–Trinajstić information content (AvgIpc) is 2.29. The summed E-state index contributed by atoms with van der Waals surface area (Å²) in [4.78, 5) is 0. The van der Waals surface area contributed by atoms with Crippen LogP contribution in [0.15, 0.2) is 30.3 Å². The van der Waals surface area contributed by atoms with Gasteiger partial charge >= 0.3 is 0 Å². The molecule has 1 unspecified atom stereocenters. The summed E-state index contributed by atoms with van der Waals surface area (Å²) in [6, 6.07) is 10.1. The SMILES string of the molecule is NCC(Cc1ccccc1)OCCCO. The third-order valence-corrected chi connectivity index (χ3v) is 2.23. The summed E-state index contributed by atoms with van der Waals surface area (Å²) in [6.45, 7) is 1.26. The quantitative estimate of drug-likeness (QED) is 0.657. The van der Waals surface area contributed by atoms with E-state index in [0.717, 1.165) is 6.42 Å². The lowest BCUT2D eigenvalue weighted by Gasteiger charge is -2.15. The molecule has 0 aliphatic rings. The number of hydrogen-bond acceptors (Lipinski definition) is 3. The lowest BCUT2D eigenvalue weighted by atomic mass is 10.1. The second kappa shape index (κ2) is 7.40. The van der Waals surface area contributed by atoms with Gasteiger partial charge in [-0.25, -0.2) is 0 Å². The molecule has 1 rings (SSSR count). The molecule has 0 radical (unpaired) electrons. The van der Waals surface area contributed by atoms with Gasteiger partial charge in [-0.2, -0.15) is 0 Å². The van der Waals surface area contributed by atoms with E-state index >= 15 is 0 Å². The molecule has 0 heterocycles. The fourth-order valence-electron chi connectivity index (χ4n) is 1.40. The largest absolute Gasteiger partial charge is 0.396 e. The summed E-state index contributed by atoms with van der Waals surface area (Å²) in [6.07, 6.45) is 1.56. The molecule has 0 fully saturated rings. The first-order valence-electron chi connectivity index (χ1n) is 5.33. The van der Waals surface area contributed by atoms with Crippen LogP contribution in [0.2, 0.25) is 0 Å². The average molecular weight is 209 g/mol. The monoisotopic (exact) mass is 209 g/mol. The van der Waals surface area contributed by atoms with Crippen molar-refractivity contribution in [1.29, 1.82) is 0 Å². The Morgan fingerprint density at radius 1 is 1.27 bits per heavy atom. The zero-order valence-electron chi connectivity index (χ0n) is 8.93. The van der Waals surface area contributed by atoms with E-state index in [2.05, 4.69) is 12.1 Å². The number of ether oxygens (including phenoxy) is 1. The van der Waals surface area contributed by atoms with Crippen molar-refractivity contribution in [1.82, 2.24) is 0 Å². The second-order valence-corrected chi connectivity index (χ2v) is 3.50. The van der Waals surface area contributed by atoms with Crippen molar-refractivity contribution in [3.63, 3.8) is 0 Å². The molecule has 0 aliphatic heterocycles. The standard InChI is InChI=1S/C12H19NO2/c13-10-12(15-8-4-7-14)9-11-5-2-1-3-6-11/h1-3,5-6,12,14H,4,7-10,13H2. The Hall–Kier alpha value is -0.900. The van der Waals surface area contributed by atoms with Gasteiger partial charge in [0, 0.05) is 19.8 Å². The minimum Gasteiger partial charge on any atom is -0.396 e.